The molecule has 0 aromatic rings. The van der Waals surface area contributed by atoms with E-state index in [2.05, 4.69) is 13.8 Å². The van der Waals surface area contributed by atoms with Gasteiger partial charge in [0.2, 0.25) is 0 Å². The van der Waals surface area contributed by atoms with Crippen LogP contribution in [0.1, 0.15) is 206 Å². The van der Waals surface area contributed by atoms with Crippen LogP contribution in [-0.2, 0) is 56.8 Å². The fourth-order valence-electron chi connectivity index (χ4n) is 7.67. The van der Waals surface area contributed by atoms with Gasteiger partial charge in [-0.05, 0) is 12.8 Å². The van der Waals surface area contributed by atoms with Crippen LogP contribution in [0.5, 0.6) is 0 Å². The normalized spacial score (nSPS) is 11.7. The maximum Gasteiger partial charge on any atom is 0.0701 e. The van der Waals surface area contributed by atoms with Crippen LogP contribution < -0.4 is 0 Å². The molecule has 0 saturated carbocycles. The summed E-state index contributed by atoms with van der Waals surface area (Å²) in [5, 5.41) is 0. The van der Waals surface area contributed by atoms with E-state index in [1.165, 1.54) is 180 Å². The van der Waals surface area contributed by atoms with Gasteiger partial charge >= 0.3 is 0 Å². The molecule has 0 N–H and O–H groups in total. The van der Waals surface area contributed by atoms with Crippen molar-refractivity contribution >= 4 is 0 Å². The fourth-order valence-corrected chi connectivity index (χ4v) is 7.67. The second kappa shape index (κ2) is 66.5. The minimum Gasteiger partial charge on any atom is -0.379 e. The van der Waals surface area contributed by atoms with Crippen molar-refractivity contribution in [3.05, 3.63) is 0 Å². The Morgan fingerprint density at radius 1 is 0.118 bits per heavy atom. The van der Waals surface area contributed by atoms with Gasteiger partial charge in [0.15, 0.2) is 0 Å². The van der Waals surface area contributed by atoms with Crippen molar-refractivity contribution in [3.63, 3.8) is 0 Å². The molecular weight excluding hydrogens is 865 g/mol. The number of unbranched alkanes of at least 4 members (excludes halogenated alkanes) is 28. The molecule has 0 rings (SSSR count). The van der Waals surface area contributed by atoms with Crippen LogP contribution in [0.2, 0.25) is 0 Å². The van der Waals surface area contributed by atoms with Crippen LogP contribution in [0.3, 0.4) is 0 Å². The van der Waals surface area contributed by atoms with E-state index in [9.17, 15) is 0 Å². The van der Waals surface area contributed by atoms with Crippen molar-refractivity contribution < 1.29 is 56.8 Å². The van der Waals surface area contributed by atoms with Crippen molar-refractivity contribution in [2.24, 2.45) is 0 Å². The summed E-state index contributed by atoms with van der Waals surface area (Å²) in [6.07, 6.45) is 41.5. The zero-order chi connectivity index (χ0) is 48.7. The minimum absolute atomic E-state index is 0.523. The number of hydrogen-bond donors (Lipinski definition) is 0. The Morgan fingerprint density at radius 2 is 0.221 bits per heavy atom. The maximum atomic E-state index is 5.71. The smallest absolute Gasteiger partial charge is 0.0701 e. The van der Waals surface area contributed by atoms with Crippen molar-refractivity contribution in [1.82, 2.24) is 0 Å². The summed E-state index contributed by atoms with van der Waals surface area (Å²) in [7, 11) is 0. The van der Waals surface area contributed by atoms with Gasteiger partial charge in [-0.25, -0.2) is 0 Å². The van der Waals surface area contributed by atoms with Crippen LogP contribution in [0.15, 0.2) is 0 Å². The highest BCUT2D eigenvalue weighted by Crippen LogP contribution is 2.15. The average Bonchev–Trinajstić information content (AvgIpc) is 3.35. The van der Waals surface area contributed by atoms with Crippen molar-refractivity contribution in [3.8, 4) is 0 Å². The molecule has 0 aliphatic rings. The second-order valence-corrected chi connectivity index (χ2v) is 18.2. The first-order chi connectivity index (χ1) is 33.9. The third-order valence-electron chi connectivity index (χ3n) is 11.9. The number of hydrogen-bond acceptors (Lipinski definition) is 12. The van der Waals surface area contributed by atoms with E-state index in [4.69, 9.17) is 56.8 Å². The van der Waals surface area contributed by atoms with Crippen LogP contribution in [0.4, 0.5) is 0 Å². The molecule has 0 aromatic carbocycles. The van der Waals surface area contributed by atoms with E-state index < -0.39 is 0 Å². The highest BCUT2D eigenvalue weighted by Gasteiger charge is 2.00. The summed E-state index contributed by atoms with van der Waals surface area (Å²) < 4.78 is 67.0. The summed E-state index contributed by atoms with van der Waals surface area (Å²) >= 11 is 0. The molecule has 0 aromatic heterocycles. The third kappa shape index (κ3) is 65.5. The molecule has 0 fully saturated rings. The number of rotatable bonds is 65. The molecule has 0 amide bonds. The standard InChI is InChI=1S/C56H114O12/c1-3-5-7-9-11-13-15-17-19-20-22-24-26-28-30-32-34-58-36-38-60-40-42-62-44-46-64-48-50-66-52-54-68-56-55-67-53-51-65-49-47-63-45-43-61-41-39-59-37-35-57-33-31-29-27-25-23-21-18-16-14-12-10-8-6-4-2/h3-56H2,1-2H3. The van der Waals surface area contributed by atoms with E-state index in [1.54, 1.807) is 0 Å². The molecule has 0 saturated heterocycles. The quantitative estimate of drug-likeness (QED) is 0.0541. The van der Waals surface area contributed by atoms with Gasteiger partial charge in [0.05, 0.1) is 145 Å². The van der Waals surface area contributed by atoms with Crippen LogP contribution >= 0.6 is 0 Å². The van der Waals surface area contributed by atoms with E-state index in [1.807, 2.05) is 0 Å². The fraction of sp³-hybridized carbons (Fsp3) is 1.00. The zero-order valence-corrected chi connectivity index (χ0v) is 45.1. The lowest BCUT2D eigenvalue weighted by molar-refractivity contribution is -0.0284. The van der Waals surface area contributed by atoms with E-state index in [-0.39, 0.29) is 0 Å². The number of ether oxygens (including phenoxy) is 12. The highest BCUT2D eigenvalue weighted by molar-refractivity contribution is 4.52. The van der Waals surface area contributed by atoms with Gasteiger partial charge in [0.1, 0.15) is 0 Å². The first-order valence-electron chi connectivity index (χ1n) is 28.8. The van der Waals surface area contributed by atoms with Crippen LogP contribution in [0, 0.1) is 0 Å². The molecule has 0 radical (unpaired) electrons. The molecule has 0 heterocycles. The predicted octanol–water partition coefficient (Wildman–Crippen LogP) is 12.9. The molecule has 0 aliphatic heterocycles. The molecule has 0 spiro atoms. The molecule has 12 heteroatoms. The topological polar surface area (TPSA) is 111 Å². The Balaban J connectivity index is 3.07. The third-order valence-corrected chi connectivity index (χ3v) is 11.9. The molecule has 68 heavy (non-hydrogen) atoms. The Morgan fingerprint density at radius 3 is 0.353 bits per heavy atom. The Hall–Kier alpha value is -0.480. The van der Waals surface area contributed by atoms with Crippen LogP contribution in [0.25, 0.3) is 0 Å². The molecule has 0 aliphatic carbocycles. The van der Waals surface area contributed by atoms with Gasteiger partial charge in [-0.3, -0.25) is 0 Å². The van der Waals surface area contributed by atoms with Gasteiger partial charge in [0, 0.05) is 13.2 Å². The summed E-state index contributed by atoms with van der Waals surface area (Å²) in [5.41, 5.74) is 0. The average molecular weight is 980 g/mol. The van der Waals surface area contributed by atoms with Gasteiger partial charge in [0.25, 0.3) is 0 Å². The highest BCUT2D eigenvalue weighted by atomic mass is 16.6. The van der Waals surface area contributed by atoms with E-state index in [0.29, 0.717) is 145 Å². The molecule has 12 nitrogen and oxygen atoms in total. The minimum atomic E-state index is 0.523. The van der Waals surface area contributed by atoms with Gasteiger partial charge in [-0.1, -0.05) is 194 Å². The van der Waals surface area contributed by atoms with Crippen molar-refractivity contribution in [2.45, 2.75) is 206 Å². The first-order valence-corrected chi connectivity index (χ1v) is 28.8. The van der Waals surface area contributed by atoms with Crippen molar-refractivity contribution in [1.29, 1.82) is 0 Å². The van der Waals surface area contributed by atoms with E-state index in [0.717, 1.165) is 26.1 Å². The summed E-state index contributed by atoms with van der Waals surface area (Å²) in [5.74, 6) is 0. The monoisotopic (exact) mass is 979 g/mol. The van der Waals surface area contributed by atoms with Gasteiger partial charge < -0.3 is 56.8 Å². The first kappa shape index (κ1) is 67.5. The second-order valence-electron chi connectivity index (χ2n) is 18.2. The predicted molar refractivity (Wildman–Crippen MR) is 280 cm³/mol. The summed E-state index contributed by atoms with van der Waals surface area (Å²) in [6.45, 7) is 18.5. The molecular formula is C56H114O12. The Labute approximate surface area is 420 Å². The van der Waals surface area contributed by atoms with E-state index >= 15 is 0 Å². The van der Waals surface area contributed by atoms with Gasteiger partial charge in [-0.2, -0.15) is 0 Å². The molecule has 0 unspecified atom stereocenters. The zero-order valence-electron chi connectivity index (χ0n) is 45.1. The van der Waals surface area contributed by atoms with Crippen LogP contribution in [-0.4, -0.2) is 159 Å². The molecule has 0 bridgehead atoms. The lowest BCUT2D eigenvalue weighted by Crippen LogP contribution is -2.15. The summed E-state index contributed by atoms with van der Waals surface area (Å²) in [4.78, 5) is 0. The lowest BCUT2D eigenvalue weighted by Gasteiger charge is -2.09. The van der Waals surface area contributed by atoms with Gasteiger partial charge in [-0.15, -0.1) is 0 Å². The lowest BCUT2D eigenvalue weighted by atomic mass is 10.0. The Kier molecular flexibility index (Phi) is 66.1. The maximum absolute atomic E-state index is 5.71. The van der Waals surface area contributed by atoms with Crippen molar-refractivity contribution in [2.75, 3.05) is 159 Å². The largest absolute Gasteiger partial charge is 0.379 e. The summed E-state index contributed by atoms with van der Waals surface area (Å²) in [6, 6.07) is 0. The molecule has 0 atom stereocenters. The molecule has 410 valence electrons. The SMILES string of the molecule is CCCCCCCCCCCCCCCCCCOCCOCCOCCOCCOCCOCCOCCOCCOCCOCCOCCOCCCCCCCCCCCCCCCC. The Bertz CT molecular complexity index is 778.